The summed E-state index contributed by atoms with van der Waals surface area (Å²) in [6, 6.07) is 14.3. The van der Waals surface area contributed by atoms with E-state index in [0.29, 0.717) is 11.3 Å². The number of hydrogen-bond donors (Lipinski definition) is 4. The Balaban J connectivity index is 1.70. The molecule has 5 N–H and O–H groups in total. The fourth-order valence-corrected chi connectivity index (χ4v) is 2.45. The average molecular weight is 365 g/mol. The SMILES string of the molecule is Cc1ccc(-n2cc(N)c(NC(=O)c3ccc(CNC(=O)O)cc3)n2)cc1. The molecule has 27 heavy (non-hydrogen) atoms. The lowest BCUT2D eigenvalue weighted by Crippen LogP contribution is -2.20. The van der Waals surface area contributed by atoms with E-state index in [-0.39, 0.29) is 18.3 Å². The molecular weight excluding hydrogens is 346 g/mol. The minimum atomic E-state index is -1.10. The summed E-state index contributed by atoms with van der Waals surface area (Å²) in [4.78, 5) is 22.9. The van der Waals surface area contributed by atoms with Gasteiger partial charge in [0.15, 0.2) is 5.82 Å². The molecule has 0 aliphatic rings. The number of nitrogens with two attached hydrogens (primary N) is 1. The number of nitrogens with zero attached hydrogens (tertiary/aromatic N) is 2. The van der Waals surface area contributed by atoms with Crippen molar-refractivity contribution in [1.29, 1.82) is 0 Å². The van der Waals surface area contributed by atoms with Gasteiger partial charge in [-0.2, -0.15) is 0 Å². The number of benzene rings is 2. The van der Waals surface area contributed by atoms with Gasteiger partial charge >= 0.3 is 6.09 Å². The van der Waals surface area contributed by atoms with Crippen LogP contribution in [0.4, 0.5) is 16.3 Å². The maximum atomic E-state index is 12.4. The van der Waals surface area contributed by atoms with Crippen LogP contribution in [-0.2, 0) is 6.54 Å². The molecule has 2 amide bonds. The van der Waals surface area contributed by atoms with Crippen LogP contribution >= 0.6 is 0 Å². The molecule has 1 aromatic heterocycles. The smallest absolute Gasteiger partial charge is 0.404 e. The van der Waals surface area contributed by atoms with Crippen LogP contribution in [0.5, 0.6) is 0 Å². The number of nitrogen functional groups attached to an aromatic ring is 1. The molecule has 8 nitrogen and oxygen atoms in total. The minimum absolute atomic E-state index is 0.172. The zero-order valence-corrected chi connectivity index (χ0v) is 14.6. The zero-order chi connectivity index (χ0) is 19.4. The number of aryl methyl sites for hydroxylation is 1. The number of rotatable bonds is 5. The van der Waals surface area contributed by atoms with Gasteiger partial charge in [-0.3, -0.25) is 4.79 Å². The van der Waals surface area contributed by atoms with Crippen molar-refractivity contribution in [3.05, 3.63) is 71.4 Å². The highest BCUT2D eigenvalue weighted by Crippen LogP contribution is 2.20. The second-order valence-corrected chi connectivity index (χ2v) is 6.02. The standard InChI is InChI=1S/C19H19N5O3/c1-12-2-8-15(9-3-12)24-11-16(20)17(23-24)22-18(25)14-6-4-13(5-7-14)10-21-19(26)27/h2-9,11,21H,10,20H2,1H3,(H,26,27)(H,22,23,25). The van der Waals surface area contributed by atoms with E-state index in [9.17, 15) is 9.59 Å². The number of anilines is 2. The van der Waals surface area contributed by atoms with Crippen molar-refractivity contribution < 1.29 is 14.7 Å². The molecule has 0 spiro atoms. The van der Waals surface area contributed by atoms with E-state index in [1.54, 1.807) is 35.1 Å². The highest BCUT2D eigenvalue weighted by Gasteiger charge is 2.12. The van der Waals surface area contributed by atoms with Crippen LogP contribution in [0.25, 0.3) is 5.69 Å². The van der Waals surface area contributed by atoms with Crippen LogP contribution in [0.3, 0.4) is 0 Å². The Bertz CT molecular complexity index is 962. The molecule has 8 heteroatoms. The molecule has 0 atom stereocenters. The summed E-state index contributed by atoms with van der Waals surface area (Å²) in [7, 11) is 0. The van der Waals surface area contributed by atoms with Crippen molar-refractivity contribution in [2.75, 3.05) is 11.1 Å². The summed E-state index contributed by atoms with van der Waals surface area (Å²) in [6.45, 7) is 2.17. The van der Waals surface area contributed by atoms with Gasteiger partial charge in [0.25, 0.3) is 5.91 Å². The number of nitrogens with one attached hydrogen (secondary N) is 2. The van der Waals surface area contributed by atoms with Gasteiger partial charge in [-0.1, -0.05) is 29.8 Å². The van der Waals surface area contributed by atoms with E-state index in [1.165, 1.54) is 0 Å². The van der Waals surface area contributed by atoms with E-state index in [0.717, 1.165) is 16.8 Å². The number of aromatic nitrogens is 2. The lowest BCUT2D eigenvalue weighted by molar-refractivity contribution is 0.102. The molecule has 0 aliphatic carbocycles. The second-order valence-electron chi connectivity index (χ2n) is 6.02. The van der Waals surface area contributed by atoms with Crippen LogP contribution in [-0.4, -0.2) is 26.9 Å². The molecule has 0 fully saturated rings. The van der Waals surface area contributed by atoms with Gasteiger partial charge in [0.2, 0.25) is 0 Å². The lowest BCUT2D eigenvalue weighted by Gasteiger charge is -2.05. The van der Waals surface area contributed by atoms with E-state index in [2.05, 4.69) is 15.7 Å². The highest BCUT2D eigenvalue weighted by molar-refractivity contribution is 6.05. The second kappa shape index (κ2) is 7.61. The molecule has 3 rings (SSSR count). The van der Waals surface area contributed by atoms with Gasteiger partial charge in [0.05, 0.1) is 17.6 Å². The molecule has 0 bridgehead atoms. The summed E-state index contributed by atoms with van der Waals surface area (Å²) in [5.41, 5.74) is 9.45. The van der Waals surface area contributed by atoms with E-state index in [4.69, 9.17) is 10.8 Å². The third kappa shape index (κ3) is 4.43. The van der Waals surface area contributed by atoms with Crippen molar-refractivity contribution in [2.24, 2.45) is 0 Å². The highest BCUT2D eigenvalue weighted by atomic mass is 16.4. The fraction of sp³-hybridized carbons (Fsp3) is 0.105. The summed E-state index contributed by atoms with van der Waals surface area (Å²) >= 11 is 0. The largest absolute Gasteiger partial charge is 0.465 e. The van der Waals surface area contributed by atoms with Gasteiger partial charge in [0, 0.05) is 12.1 Å². The van der Waals surface area contributed by atoms with Gasteiger partial charge in [0.1, 0.15) is 0 Å². The number of carbonyl (C=O) groups is 2. The molecule has 0 saturated carbocycles. The van der Waals surface area contributed by atoms with Crippen LogP contribution in [0.1, 0.15) is 21.5 Å². The lowest BCUT2D eigenvalue weighted by atomic mass is 10.1. The first kappa shape index (κ1) is 18.0. The molecule has 0 saturated heterocycles. The van der Waals surface area contributed by atoms with E-state index >= 15 is 0 Å². The molecule has 0 unspecified atom stereocenters. The number of hydrogen-bond acceptors (Lipinski definition) is 4. The van der Waals surface area contributed by atoms with Crippen LogP contribution in [0.15, 0.2) is 54.7 Å². The Morgan fingerprint density at radius 1 is 1.11 bits per heavy atom. The molecule has 0 radical (unpaired) electrons. The zero-order valence-electron chi connectivity index (χ0n) is 14.6. The van der Waals surface area contributed by atoms with Crippen molar-refractivity contribution >= 4 is 23.5 Å². The summed E-state index contributed by atoms with van der Waals surface area (Å²) in [6.07, 6.45) is 0.539. The molecule has 2 aromatic carbocycles. The van der Waals surface area contributed by atoms with Crippen LogP contribution < -0.4 is 16.4 Å². The van der Waals surface area contributed by atoms with Gasteiger partial charge in [-0.15, -0.1) is 5.10 Å². The summed E-state index contributed by atoms with van der Waals surface area (Å²) in [5, 5.41) is 17.9. The summed E-state index contributed by atoms with van der Waals surface area (Å²) < 4.78 is 1.60. The first-order chi connectivity index (χ1) is 12.9. The Kier molecular flexibility index (Phi) is 5.07. The fourth-order valence-electron chi connectivity index (χ4n) is 2.45. The Morgan fingerprint density at radius 3 is 2.41 bits per heavy atom. The van der Waals surface area contributed by atoms with Crippen LogP contribution in [0, 0.1) is 6.92 Å². The van der Waals surface area contributed by atoms with E-state index < -0.39 is 6.09 Å². The quantitative estimate of drug-likeness (QED) is 0.554. The van der Waals surface area contributed by atoms with Gasteiger partial charge in [-0.25, -0.2) is 9.48 Å². The minimum Gasteiger partial charge on any atom is -0.465 e. The first-order valence-electron chi connectivity index (χ1n) is 8.21. The average Bonchev–Trinajstić information content (AvgIpc) is 3.01. The van der Waals surface area contributed by atoms with E-state index in [1.807, 2.05) is 31.2 Å². The number of amides is 2. The van der Waals surface area contributed by atoms with Crippen molar-refractivity contribution in [3.63, 3.8) is 0 Å². The Morgan fingerprint density at radius 2 is 1.78 bits per heavy atom. The van der Waals surface area contributed by atoms with Crippen LogP contribution in [0.2, 0.25) is 0 Å². The third-order valence-electron chi connectivity index (χ3n) is 3.93. The molecular formula is C19H19N5O3. The van der Waals surface area contributed by atoms with Crippen molar-refractivity contribution in [2.45, 2.75) is 13.5 Å². The third-order valence-corrected chi connectivity index (χ3v) is 3.93. The molecule has 1 heterocycles. The Hall–Kier alpha value is -3.81. The maximum Gasteiger partial charge on any atom is 0.404 e. The normalized spacial score (nSPS) is 10.4. The molecule has 138 valence electrons. The predicted octanol–water partition coefficient (Wildman–Crippen LogP) is 2.78. The van der Waals surface area contributed by atoms with Crippen molar-refractivity contribution in [3.8, 4) is 5.69 Å². The monoisotopic (exact) mass is 365 g/mol. The maximum absolute atomic E-state index is 12.4. The van der Waals surface area contributed by atoms with Gasteiger partial charge in [-0.05, 0) is 36.8 Å². The number of carboxylic acid groups (broad SMARTS) is 1. The Labute approximate surface area is 155 Å². The van der Waals surface area contributed by atoms with Crippen molar-refractivity contribution in [1.82, 2.24) is 15.1 Å². The summed E-state index contributed by atoms with van der Waals surface area (Å²) in [5.74, 6) is -0.0780. The topological polar surface area (TPSA) is 122 Å². The first-order valence-corrected chi connectivity index (χ1v) is 8.21. The molecule has 3 aromatic rings. The molecule has 0 aliphatic heterocycles. The predicted molar refractivity (Wildman–Crippen MR) is 102 cm³/mol. The number of carbonyl (C=O) groups excluding carboxylic acids is 1. The van der Waals surface area contributed by atoms with Gasteiger partial charge < -0.3 is 21.5 Å².